The van der Waals surface area contributed by atoms with E-state index in [0.717, 1.165) is 198 Å². The average molecular weight is 1630 g/mol. The maximum atomic E-state index is 12.2. The molecular weight excluding hydrogens is 1480 g/mol. The van der Waals surface area contributed by atoms with E-state index in [2.05, 4.69) is 127 Å². The third-order valence-electron chi connectivity index (χ3n) is 21.9. The fourth-order valence-electron chi connectivity index (χ4n) is 15.0. The highest BCUT2D eigenvalue weighted by molar-refractivity contribution is 6.28. The van der Waals surface area contributed by atoms with Gasteiger partial charge in [0.15, 0.2) is 5.79 Å². The van der Waals surface area contributed by atoms with Gasteiger partial charge in [0.1, 0.15) is 23.9 Å². The van der Waals surface area contributed by atoms with Gasteiger partial charge in [-0.1, -0.05) is 136 Å². The Morgan fingerprint density at radius 1 is 0.487 bits per heavy atom. The van der Waals surface area contributed by atoms with Crippen molar-refractivity contribution < 1.29 is 82.7 Å². The predicted molar refractivity (Wildman–Crippen MR) is 468 cm³/mol. The van der Waals surface area contributed by atoms with Gasteiger partial charge < -0.3 is 64.2 Å². The summed E-state index contributed by atoms with van der Waals surface area (Å²) >= 11 is 0. The summed E-state index contributed by atoms with van der Waals surface area (Å²) in [6, 6.07) is 6.62. The number of fused-ring (bicyclic) bond motifs is 2. The molecule has 1 aromatic carbocycles. The number of amides is 5. The molecule has 656 valence electrons. The van der Waals surface area contributed by atoms with Crippen LogP contribution < -0.4 is 15.5 Å². The van der Waals surface area contributed by atoms with Crippen LogP contribution in [0.4, 0.5) is 25.8 Å². The molecule has 0 spiro atoms. The fraction of sp³-hybridized carbons (Fsp3) is 0.667. The van der Waals surface area contributed by atoms with E-state index in [4.69, 9.17) is 33.5 Å². The minimum Gasteiger partial charge on any atom is -0.480 e. The van der Waals surface area contributed by atoms with Crippen LogP contribution in [0.5, 0.6) is 0 Å². The van der Waals surface area contributed by atoms with Crippen LogP contribution in [0.2, 0.25) is 0 Å². The summed E-state index contributed by atoms with van der Waals surface area (Å²) in [5.74, 6) is -1.63. The average Bonchev–Trinajstić information content (AvgIpc) is 1.71. The molecular formula is C96H150N4O17. The zero-order chi connectivity index (χ0) is 85.0. The maximum Gasteiger partial charge on any atom is 0.412 e. The number of aliphatic carboxylic acids is 1. The summed E-state index contributed by atoms with van der Waals surface area (Å²) in [7, 11) is 0. The Labute approximate surface area is 702 Å². The first kappa shape index (κ1) is 100. The van der Waals surface area contributed by atoms with E-state index < -0.39 is 35.5 Å². The standard InChI is InChI=1S/C20H22N2O4.C12H21NO2.C11H18O3.C11H18O2.C9H13NO2.C9H16O.C8H14O2.C8H14O.C8H14/c1-20(13-5-3-2-4-6-14-20)26-19(25)21-15-7-9-16(10-8-15)22-17(23)11-12-18(22)24;1-12(2,3)15-11(14)13-9-7-5-4-6-8-10-13;1-11(14-9-10(12)13)7-5-3-2-4-6-8-11;1-11(2)12-9-7-5-3-4-6-8-10(9)13-11;11-9-10-7-5-3-1-2-4-6-8(7)12-9;1-8-6-4-2-3-5-7-9(8)10;9-7-5-3-1-2-4-6-8(7)10;9-8-6-4-2-1-3-5-7-8;1-2-4-6-8-7-5-3-1/h2-3,7-12H,4-6,13-14H2,1H3,(H,21,25);4-5H,6-10H2,1-3H3;2-3H,4-9H2,1H3,(H,12,13);3-4,9-10H,5-8H2,1-2H3;3,5,7-8H,1-2,4,6H2,(H,10,11);4,6,8-10H,2-3,5,7H2,1H3;1-2,7-10H,3-6H2;1-2,8-9H,3-7H2;1-2H,3-8H2/b3-2+;5-4+;3-2+;4-3+;5-3+;6-4+;2*2-1+;/t;;;9-,10-;7-,8-;8-,9-;7-,8-;8-;/m...11011./s1. The normalized spacial score (nSPS) is 30.5. The second kappa shape index (κ2) is 57.1. The quantitative estimate of drug-likeness (QED) is 0.0791. The lowest BCUT2D eigenvalue weighted by molar-refractivity contribution is -0.150. The Balaban J connectivity index is 0.000000241. The monoisotopic (exact) mass is 1630 g/mol. The van der Waals surface area contributed by atoms with Crippen LogP contribution in [0.1, 0.15) is 312 Å². The highest BCUT2D eigenvalue weighted by Crippen LogP contribution is 2.35. The molecule has 21 heteroatoms. The van der Waals surface area contributed by atoms with E-state index in [9.17, 15) is 49.2 Å². The number of carbonyl (C=O) groups is 6. The molecule has 4 aliphatic heterocycles. The summed E-state index contributed by atoms with van der Waals surface area (Å²) in [6.45, 7) is 17.1. The summed E-state index contributed by atoms with van der Waals surface area (Å²) in [5.41, 5.74) is -0.115. The highest BCUT2D eigenvalue weighted by atomic mass is 16.8. The number of nitrogens with one attached hydrogen (secondary N) is 2. The predicted octanol–water partition coefficient (Wildman–Crippen LogP) is 21.2. The highest BCUT2D eigenvalue weighted by Gasteiger charge is 2.41. The molecule has 5 amide bonds. The minimum absolute atomic E-state index is 0.0325. The first-order chi connectivity index (χ1) is 56.1. The van der Waals surface area contributed by atoms with Gasteiger partial charge in [0, 0.05) is 30.9 Å². The molecule has 0 aromatic heterocycles. The van der Waals surface area contributed by atoms with Gasteiger partial charge in [0.05, 0.1) is 54.0 Å². The number of nitrogens with zero attached hydrogens (tertiary/aromatic N) is 2. The molecule has 12 aliphatic rings. The van der Waals surface area contributed by atoms with Crippen molar-refractivity contribution in [3.05, 3.63) is 146 Å². The van der Waals surface area contributed by atoms with Crippen LogP contribution in [0.25, 0.3) is 0 Å². The van der Waals surface area contributed by atoms with Crippen molar-refractivity contribution in [2.45, 2.75) is 384 Å². The number of carboxylic acid groups (broad SMARTS) is 1. The Morgan fingerprint density at radius 3 is 1.53 bits per heavy atom. The number of anilines is 2. The lowest BCUT2D eigenvalue weighted by atomic mass is 9.91. The van der Waals surface area contributed by atoms with Crippen LogP contribution in [-0.4, -0.2) is 158 Å². The van der Waals surface area contributed by atoms with Gasteiger partial charge in [-0.15, -0.1) is 0 Å². The summed E-state index contributed by atoms with van der Waals surface area (Å²) in [5, 5.41) is 51.0. The van der Waals surface area contributed by atoms with Crippen LogP contribution >= 0.6 is 0 Å². The molecule has 11 atom stereocenters. The summed E-state index contributed by atoms with van der Waals surface area (Å²) in [6.07, 6.45) is 83.1. The number of carbonyl (C=O) groups excluding carboxylic acids is 5. The van der Waals surface area contributed by atoms with Crippen molar-refractivity contribution >= 4 is 47.4 Å². The van der Waals surface area contributed by atoms with Gasteiger partial charge in [-0.2, -0.15) is 0 Å². The van der Waals surface area contributed by atoms with E-state index in [1.165, 1.54) is 76.4 Å². The first-order valence-corrected chi connectivity index (χ1v) is 44.6. The van der Waals surface area contributed by atoms with Gasteiger partial charge in [0.25, 0.3) is 11.8 Å². The number of hydrogen-bond acceptors (Lipinski definition) is 16. The molecule has 0 bridgehead atoms. The topological polar surface area (TPSA) is 289 Å². The van der Waals surface area contributed by atoms with Gasteiger partial charge in [-0.3, -0.25) is 14.9 Å². The van der Waals surface area contributed by atoms with E-state index in [0.29, 0.717) is 42.3 Å². The molecule has 2 saturated heterocycles. The van der Waals surface area contributed by atoms with Crippen molar-refractivity contribution in [1.82, 2.24) is 10.2 Å². The Kier molecular flexibility index (Phi) is 48.9. The zero-order valence-electron chi connectivity index (χ0n) is 72.5. The van der Waals surface area contributed by atoms with Gasteiger partial charge >= 0.3 is 24.2 Å². The number of aliphatic hydroxyl groups is 4. The third-order valence-corrected chi connectivity index (χ3v) is 21.9. The Hall–Kier alpha value is -7.24. The number of hydrogen-bond donors (Lipinski definition) is 7. The van der Waals surface area contributed by atoms with Crippen molar-refractivity contribution in [2.75, 3.05) is 29.9 Å². The number of benzene rings is 1. The molecule has 117 heavy (non-hydrogen) atoms. The molecule has 0 radical (unpaired) electrons. The minimum atomic E-state index is -0.885. The number of aliphatic hydroxyl groups excluding tert-OH is 4. The molecule has 1 aromatic rings. The zero-order valence-corrected chi connectivity index (χ0v) is 72.5. The first-order valence-electron chi connectivity index (χ1n) is 44.6. The van der Waals surface area contributed by atoms with Crippen LogP contribution in [0.3, 0.4) is 0 Å². The van der Waals surface area contributed by atoms with E-state index >= 15 is 0 Å². The molecule has 4 heterocycles. The van der Waals surface area contributed by atoms with Crippen LogP contribution in [0.15, 0.2) is 146 Å². The Bertz CT molecular complexity index is 3270. The SMILES string of the molecule is C1=CCCCCCC1.CC(C)(C)OC(=O)N1CC/C=C/CCC1.CC1(C)O[C@@H]2CC/C=C/CC[C@H]2O1.CC1(OC(=O)Nc2ccc(N3C(=O)C=CC3=O)cc2)CC/C=C/CCC1.CC1(OCC(=O)O)CC/C=C/CCC1.C[C@H]1/C=C/CCCC[C@@H]1O.O=C1N[C@@H]2/C=C/CCCC[C@H]2O1.O[C@@H]1CC/C=C/CCC1.O[C@@H]1CC/C=C/CC[C@H]1O. The molecule has 8 aliphatic carbocycles. The van der Waals surface area contributed by atoms with Crippen molar-refractivity contribution in [3.8, 4) is 0 Å². The van der Waals surface area contributed by atoms with E-state index in [1.54, 1.807) is 29.2 Å². The Morgan fingerprint density at radius 2 is 0.957 bits per heavy atom. The summed E-state index contributed by atoms with van der Waals surface area (Å²) < 4.78 is 33.2. The van der Waals surface area contributed by atoms with Gasteiger partial charge in [0.2, 0.25) is 0 Å². The molecule has 0 saturated carbocycles. The van der Waals surface area contributed by atoms with Crippen molar-refractivity contribution in [1.29, 1.82) is 0 Å². The van der Waals surface area contributed by atoms with E-state index in [-0.39, 0.29) is 66.3 Å². The molecule has 7 N–H and O–H groups in total. The largest absolute Gasteiger partial charge is 0.480 e. The van der Waals surface area contributed by atoms with Crippen LogP contribution in [0, 0.1) is 5.92 Å². The fourth-order valence-corrected chi connectivity index (χ4v) is 15.0. The van der Waals surface area contributed by atoms with Crippen LogP contribution in [-0.2, 0) is 42.8 Å². The van der Waals surface area contributed by atoms with Crippen molar-refractivity contribution in [2.24, 2.45) is 5.92 Å². The smallest absolute Gasteiger partial charge is 0.412 e. The number of imide groups is 1. The third kappa shape index (κ3) is 45.1. The number of alkyl carbamates (subject to hydrolysis) is 1. The number of carboxylic acids is 1. The number of ether oxygens (including phenoxy) is 6. The second-order valence-electron chi connectivity index (χ2n) is 34.3. The molecule has 2 unspecified atom stereocenters. The lowest BCUT2D eigenvalue weighted by Gasteiger charge is -2.30. The van der Waals surface area contributed by atoms with E-state index in [1.807, 2.05) is 48.5 Å². The molecule has 13 rings (SSSR count). The number of rotatable bonds is 6. The van der Waals surface area contributed by atoms with Gasteiger partial charge in [-0.05, 0) is 316 Å². The lowest BCUT2D eigenvalue weighted by Crippen LogP contribution is -2.38. The summed E-state index contributed by atoms with van der Waals surface area (Å²) in [4.78, 5) is 71.5. The number of allylic oxidation sites excluding steroid dienone is 15. The van der Waals surface area contributed by atoms with Gasteiger partial charge in [-0.25, -0.2) is 24.1 Å². The molecule has 2 fully saturated rings. The second-order valence-corrected chi connectivity index (χ2v) is 34.3. The van der Waals surface area contributed by atoms with Crippen molar-refractivity contribution in [3.63, 3.8) is 0 Å². The molecule has 21 nitrogen and oxygen atoms in total. The maximum absolute atomic E-state index is 12.2.